The van der Waals surface area contributed by atoms with E-state index in [-0.39, 0.29) is 12.6 Å². The minimum Gasteiger partial charge on any atom is -0.462 e. The van der Waals surface area contributed by atoms with Crippen LogP contribution in [-0.2, 0) is 14.3 Å². The van der Waals surface area contributed by atoms with Crippen LogP contribution in [0.15, 0.2) is 29.2 Å². The van der Waals surface area contributed by atoms with E-state index in [1.54, 1.807) is 19.9 Å². The first kappa shape index (κ1) is 17.0. The Morgan fingerprint density at radius 1 is 1.36 bits per heavy atom. The van der Waals surface area contributed by atoms with Crippen molar-refractivity contribution in [2.75, 3.05) is 6.54 Å². The van der Waals surface area contributed by atoms with Crippen molar-refractivity contribution in [3.05, 3.63) is 38.3 Å². The number of imide groups is 1. The Hall–Kier alpha value is -1.35. The summed E-state index contributed by atoms with van der Waals surface area (Å²) < 4.78 is 5.94. The summed E-state index contributed by atoms with van der Waals surface area (Å²) in [6.07, 6.45) is 1.38. The number of nitrogens with zero attached hydrogens (tertiary/aromatic N) is 1. The molecule has 5 nitrogen and oxygen atoms in total. The first-order valence-electron chi connectivity index (χ1n) is 6.58. The van der Waals surface area contributed by atoms with Crippen LogP contribution in [0, 0.1) is 3.57 Å². The van der Waals surface area contributed by atoms with Crippen molar-refractivity contribution in [3.63, 3.8) is 0 Å². The summed E-state index contributed by atoms with van der Waals surface area (Å²) in [5.41, 5.74) is 0.860. The monoisotopic (exact) mass is 431 g/mol. The SMILES string of the molecule is CC(C)OC(=O)CN1C(=O)S/C(=C/c2ccccc2I)C1=O. The van der Waals surface area contributed by atoms with Crippen molar-refractivity contribution in [3.8, 4) is 0 Å². The lowest BCUT2D eigenvalue weighted by Crippen LogP contribution is -2.35. The van der Waals surface area contributed by atoms with Crippen molar-refractivity contribution in [1.29, 1.82) is 0 Å². The molecule has 116 valence electrons. The number of carbonyl (C=O) groups is 3. The number of hydrogen-bond donors (Lipinski definition) is 0. The molecule has 0 aromatic heterocycles. The van der Waals surface area contributed by atoms with E-state index in [9.17, 15) is 14.4 Å². The number of benzene rings is 1. The third kappa shape index (κ3) is 4.10. The summed E-state index contributed by atoms with van der Waals surface area (Å²) >= 11 is 2.99. The van der Waals surface area contributed by atoms with Crippen LogP contribution < -0.4 is 0 Å². The van der Waals surface area contributed by atoms with Crippen LogP contribution in [0.4, 0.5) is 4.79 Å². The molecule has 0 spiro atoms. The zero-order valence-corrected chi connectivity index (χ0v) is 15.0. The molecule has 1 aliphatic rings. The Morgan fingerprint density at radius 3 is 2.68 bits per heavy atom. The molecule has 2 amide bonds. The molecule has 1 heterocycles. The summed E-state index contributed by atoms with van der Waals surface area (Å²) in [5, 5.41) is -0.456. The van der Waals surface area contributed by atoms with Gasteiger partial charge < -0.3 is 4.74 Å². The smallest absolute Gasteiger partial charge is 0.326 e. The molecular weight excluding hydrogens is 417 g/mol. The zero-order valence-electron chi connectivity index (χ0n) is 12.0. The predicted molar refractivity (Wildman–Crippen MR) is 93.1 cm³/mol. The molecule has 0 unspecified atom stereocenters. The van der Waals surface area contributed by atoms with Gasteiger partial charge in [0.05, 0.1) is 11.0 Å². The molecule has 1 saturated heterocycles. The van der Waals surface area contributed by atoms with Crippen LogP contribution in [0.25, 0.3) is 6.08 Å². The summed E-state index contributed by atoms with van der Waals surface area (Å²) in [4.78, 5) is 37.0. The number of amides is 2. The van der Waals surface area contributed by atoms with Gasteiger partial charge in [0.15, 0.2) is 0 Å². The van der Waals surface area contributed by atoms with E-state index in [2.05, 4.69) is 22.6 Å². The Morgan fingerprint density at radius 2 is 2.05 bits per heavy atom. The highest BCUT2D eigenvalue weighted by Crippen LogP contribution is 2.32. The number of thioether (sulfide) groups is 1. The maximum atomic E-state index is 12.3. The third-order valence-electron chi connectivity index (χ3n) is 2.72. The molecule has 1 fully saturated rings. The highest BCUT2D eigenvalue weighted by atomic mass is 127. The van der Waals surface area contributed by atoms with Crippen molar-refractivity contribution in [1.82, 2.24) is 4.90 Å². The molecule has 0 saturated carbocycles. The van der Waals surface area contributed by atoms with Gasteiger partial charge in [-0.3, -0.25) is 19.3 Å². The van der Waals surface area contributed by atoms with E-state index >= 15 is 0 Å². The predicted octanol–water partition coefficient (Wildman–Crippen LogP) is 3.28. The number of hydrogen-bond acceptors (Lipinski definition) is 5. The van der Waals surface area contributed by atoms with E-state index in [0.717, 1.165) is 25.8 Å². The van der Waals surface area contributed by atoms with E-state index in [4.69, 9.17) is 4.74 Å². The van der Waals surface area contributed by atoms with Crippen LogP contribution in [-0.4, -0.2) is 34.7 Å². The van der Waals surface area contributed by atoms with Crippen molar-refractivity contribution >= 4 is 57.5 Å². The second-order valence-corrected chi connectivity index (χ2v) is 6.98. The molecule has 0 bridgehead atoms. The van der Waals surface area contributed by atoms with Gasteiger partial charge in [-0.25, -0.2) is 0 Å². The fourth-order valence-corrected chi connectivity index (χ4v) is 3.17. The minimum atomic E-state index is -0.590. The average Bonchev–Trinajstić information content (AvgIpc) is 2.68. The van der Waals surface area contributed by atoms with Gasteiger partial charge in [-0.15, -0.1) is 0 Å². The van der Waals surface area contributed by atoms with E-state index in [0.29, 0.717) is 4.91 Å². The first-order valence-corrected chi connectivity index (χ1v) is 8.47. The molecule has 0 aliphatic carbocycles. The van der Waals surface area contributed by atoms with Crippen LogP contribution in [0.5, 0.6) is 0 Å². The summed E-state index contributed by atoms with van der Waals surface area (Å²) in [6.45, 7) is 3.07. The molecule has 1 aromatic carbocycles. The quantitative estimate of drug-likeness (QED) is 0.416. The molecule has 1 aliphatic heterocycles. The van der Waals surface area contributed by atoms with E-state index in [1.165, 1.54) is 0 Å². The lowest BCUT2D eigenvalue weighted by molar-refractivity contribution is -0.149. The molecule has 1 aromatic rings. The van der Waals surface area contributed by atoms with Gasteiger partial charge in [0.2, 0.25) is 0 Å². The second kappa shape index (κ2) is 7.28. The number of esters is 1. The van der Waals surface area contributed by atoms with Crippen molar-refractivity contribution < 1.29 is 19.1 Å². The number of halogens is 1. The number of carbonyl (C=O) groups excluding carboxylic acids is 3. The van der Waals surface area contributed by atoms with Gasteiger partial charge in [-0.05, 0) is 65.9 Å². The summed E-state index contributed by atoms with van der Waals surface area (Å²) in [7, 11) is 0. The summed E-state index contributed by atoms with van der Waals surface area (Å²) in [6, 6.07) is 7.53. The van der Waals surface area contributed by atoms with Crippen LogP contribution in [0.3, 0.4) is 0 Å². The second-order valence-electron chi connectivity index (χ2n) is 4.83. The third-order valence-corrected chi connectivity index (χ3v) is 4.61. The first-order chi connectivity index (χ1) is 10.4. The lowest BCUT2D eigenvalue weighted by Gasteiger charge is -2.13. The van der Waals surface area contributed by atoms with Crippen molar-refractivity contribution in [2.24, 2.45) is 0 Å². The average molecular weight is 431 g/mol. The van der Waals surface area contributed by atoms with Crippen LogP contribution in [0.1, 0.15) is 19.4 Å². The minimum absolute atomic E-state index is 0.283. The van der Waals surface area contributed by atoms with Crippen LogP contribution in [0.2, 0.25) is 0 Å². The fraction of sp³-hybridized carbons (Fsp3) is 0.267. The fourth-order valence-electron chi connectivity index (χ4n) is 1.80. The molecule has 7 heteroatoms. The zero-order chi connectivity index (χ0) is 16.3. The maximum absolute atomic E-state index is 12.3. The number of ether oxygens (including phenoxy) is 1. The Balaban J connectivity index is 2.15. The topological polar surface area (TPSA) is 63.7 Å². The molecule has 0 radical (unpaired) electrons. The molecule has 0 N–H and O–H groups in total. The highest BCUT2D eigenvalue weighted by Gasteiger charge is 2.36. The molecular formula is C15H14INO4S. The van der Waals surface area contributed by atoms with Gasteiger partial charge in [0.1, 0.15) is 6.54 Å². The standard InChI is InChI=1S/C15H14INO4S/c1-9(2)21-13(18)8-17-14(19)12(22-15(17)20)7-10-5-3-4-6-11(10)16/h3-7,9H,8H2,1-2H3/b12-7+. The van der Waals surface area contributed by atoms with Crippen molar-refractivity contribution in [2.45, 2.75) is 20.0 Å². The van der Waals surface area contributed by atoms with Gasteiger partial charge in [-0.1, -0.05) is 18.2 Å². The van der Waals surface area contributed by atoms with Gasteiger partial charge >= 0.3 is 5.97 Å². The lowest BCUT2D eigenvalue weighted by atomic mass is 10.2. The van der Waals surface area contributed by atoms with E-state index in [1.807, 2.05) is 24.3 Å². The Labute approximate surface area is 146 Å². The van der Waals surface area contributed by atoms with Gasteiger partial charge in [0.25, 0.3) is 11.1 Å². The van der Waals surface area contributed by atoms with Gasteiger partial charge in [0, 0.05) is 3.57 Å². The largest absolute Gasteiger partial charge is 0.462 e. The Bertz CT molecular complexity index is 657. The van der Waals surface area contributed by atoms with Crippen LogP contribution >= 0.6 is 34.4 Å². The molecule has 2 rings (SSSR count). The molecule has 0 atom stereocenters. The maximum Gasteiger partial charge on any atom is 0.326 e. The summed E-state index contributed by atoms with van der Waals surface area (Å²) in [5.74, 6) is -1.05. The van der Waals surface area contributed by atoms with E-state index < -0.39 is 17.1 Å². The van der Waals surface area contributed by atoms with Gasteiger partial charge in [-0.2, -0.15) is 0 Å². The normalized spacial score (nSPS) is 16.7. The molecule has 22 heavy (non-hydrogen) atoms. The number of rotatable bonds is 4. The Kier molecular flexibility index (Phi) is 5.63. The highest BCUT2D eigenvalue weighted by molar-refractivity contribution is 14.1.